The van der Waals surface area contributed by atoms with Crippen molar-refractivity contribution in [2.45, 2.75) is 9.79 Å². The molecular weight excluding hydrogens is 438 g/mol. The maximum atomic E-state index is 12.8. The lowest BCUT2D eigenvalue weighted by atomic mass is 10.1. The van der Waals surface area contributed by atoms with Gasteiger partial charge >= 0.3 is 0 Å². The van der Waals surface area contributed by atoms with Gasteiger partial charge < -0.3 is 5.32 Å². The van der Waals surface area contributed by atoms with Gasteiger partial charge in [-0.15, -0.1) is 5.10 Å². The number of nitrogens with one attached hydrogen (secondary N) is 2. The predicted octanol–water partition coefficient (Wildman–Crippen LogP) is 4.11. The van der Waals surface area contributed by atoms with Crippen molar-refractivity contribution in [2.75, 3.05) is 5.32 Å². The molecule has 0 aliphatic carbocycles. The molecule has 162 valence electrons. The quantitative estimate of drug-likeness (QED) is 0.412. The molecule has 0 spiro atoms. The highest BCUT2D eigenvalue weighted by molar-refractivity contribution is 7.91. The van der Waals surface area contributed by atoms with Crippen LogP contribution in [0.1, 0.15) is 10.4 Å². The van der Waals surface area contributed by atoms with Gasteiger partial charge in [0.1, 0.15) is 5.52 Å². The molecule has 0 unspecified atom stereocenters. The minimum absolute atomic E-state index is 0.156. The molecule has 8 nitrogen and oxygen atoms in total. The molecule has 0 radical (unpaired) electrons. The third kappa shape index (κ3) is 4.09. The van der Waals surface area contributed by atoms with E-state index in [2.05, 4.69) is 25.7 Å². The summed E-state index contributed by atoms with van der Waals surface area (Å²) in [5.74, 6) is -0.321. The van der Waals surface area contributed by atoms with E-state index >= 15 is 0 Å². The Balaban J connectivity index is 1.35. The Morgan fingerprint density at radius 2 is 1.58 bits per heavy atom. The third-order valence-electron chi connectivity index (χ3n) is 5.09. The van der Waals surface area contributed by atoms with Crippen molar-refractivity contribution in [2.24, 2.45) is 0 Å². The average Bonchev–Trinajstić information content (AvgIpc) is 3.33. The average molecular weight is 455 g/mol. The van der Waals surface area contributed by atoms with E-state index in [1.54, 1.807) is 60.7 Å². The van der Waals surface area contributed by atoms with Crippen LogP contribution in [0.3, 0.4) is 0 Å². The van der Waals surface area contributed by atoms with Gasteiger partial charge in [0, 0.05) is 16.8 Å². The summed E-state index contributed by atoms with van der Waals surface area (Å²) in [5.41, 5.74) is 3.58. The van der Waals surface area contributed by atoms with Gasteiger partial charge in [-0.05, 0) is 60.7 Å². The van der Waals surface area contributed by atoms with Gasteiger partial charge in [0.05, 0.1) is 15.5 Å². The fraction of sp³-hybridized carbons (Fsp3) is 0. The van der Waals surface area contributed by atoms with Crippen LogP contribution in [-0.4, -0.2) is 34.7 Å². The number of hydrogen-bond acceptors (Lipinski definition) is 6. The number of hydrogen-bond donors (Lipinski definition) is 2. The zero-order valence-electron chi connectivity index (χ0n) is 17.1. The van der Waals surface area contributed by atoms with Crippen LogP contribution in [0.25, 0.3) is 22.4 Å². The monoisotopic (exact) mass is 455 g/mol. The second-order valence-corrected chi connectivity index (χ2v) is 9.20. The van der Waals surface area contributed by atoms with Gasteiger partial charge in [-0.3, -0.25) is 9.89 Å². The number of amides is 1. The van der Waals surface area contributed by atoms with Crippen LogP contribution in [-0.2, 0) is 9.84 Å². The number of sulfone groups is 1. The normalized spacial score (nSPS) is 11.4. The number of H-pyrrole nitrogens is 1. The van der Waals surface area contributed by atoms with Crippen LogP contribution in [0, 0.1) is 0 Å². The van der Waals surface area contributed by atoms with Gasteiger partial charge in [0.25, 0.3) is 5.91 Å². The minimum Gasteiger partial charge on any atom is -0.322 e. The van der Waals surface area contributed by atoms with Crippen molar-refractivity contribution >= 4 is 32.6 Å². The Kier molecular flexibility index (Phi) is 5.15. The number of rotatable bonds is 5. The van der Waals surface area contributed by atoms with E-state index in [0.29, 0.717) is 22.6 Å². The van der Waals surface area contributed by atoms with E-state index in [4.69, 9.17) is 0 Å². The van der Waals surface area contributed by atoms with Crippen LogP contribution < -0.4 is 5.32 Å². The third-order valence-corrected chi connectivity index (χ3v) is 6.87. The Bertz CT molecular complexity index is 1560. The Labute approximate surface area is 189 Å². The number of carbonyl (C=O) groups is 1. The van der Waals surface area contributed by atoms with E-state index in [1.807, 2.05) is 18.2 Å². The molecule has 2 aromatic heterocycles. The molecule has 0 atom stereocenters. The molecule has 9 heteroatoms. The summed E-state index contributed by atoms with van der Waals surface area (Å²) in [7, 11) is -3.62. The number of anilines is 1. The SMILES string of the molecule is O=C(Nc1ccc(S(=O)(=O)c2ccccc2)cc1)c1cccc(-c2ccc3[nH]nnc3n2)c1. The highest BCUT2D eigenvalue weighted by Gasteiger charge is 2.17. The predicted molar refractivity (Wildman–Crippen MR) is 123 cm³/mol. The maximum absolute atomic E-state index is 12.8. The zero-order valence-corrected chi connectivity index (χ0v) is 18.0. The number of nitrogens with zero attached hydrogens (tertiary/aromatic N) is 3. The summed E-state index contributed by atoms with van der Waals surface area (Å²) in [6.45, 7) is 0. The van der Waals surface area contributed by atoms with Crippen molar-refractivity contribution in [3.63, 3.8) is 0 Å². The molecule has 3 aromatic carbocycles. The number of pyridine rings is 1. The van der Waals surface area contributed by atoms with E-state index in [1.165, 1.54) is 12.1 Å². The lowest BCUT2D eigenvalue weighted by molar-refractivity contribution is 0.102. The van der Waals surface area contributed by atoms with Gasteiger partial charge in [0.2, 0.25) is 15.5 Å². The van der Waals surface area contributed by atoms with E-state index in [-0.39, 0.29) is 15.7 Å². The van der Waals surface area contributed by atoms with Crippen molar-refractivity contribution < 1.29 is 13.2 Å². The number of fused-ring (bicyclic) bond motifs is 1. The number of benzene rings is 3. The van der Waals surface area contributed by atoms with Crippen LogP contribution in [0.2, 0.25) is 0 Å². The fourth-order valence-electron chi connectivity index (χ4n) is 3.38. The first-order valence-corrected chi connectivity index (χ1v) is 11.5. The van der Waals surface area contributed by atoms with Crippen LogP contribution in [0.4, 0.5) is 5.69 Å². The molecule has 0 fully saturated rings. The molecule has 5 rings (SSSR count). The molecule has 0 saturated carbocycles. The molecule has 1 amide bonds. The van der Waals surface area contributed by atoms with Crippen molar-refractivity contribution in [1.29, 1.82) is 0 Å². The molecule has 0 aliphatic rings. The van der Waals surface area contributed by atoms with Crippen molar-refractivity contribution in [3.8, 4) is 11.3 Å². The Hall–Kier alpha value is -4.37. The Morgan fingerprint density at radius 1 is 0.818 bits per heavy atom. The molecule has 0 saturated heterocycles. The smallest absolute Gasteiger partial charge is 0.255 e. The van der Waals surface area contributed by atoms with Crippen molar-refractivity contribution in [3.05, 3.63) is 96.6 Å². The highest BCUT2D eigenvalue weighted by Crippen LogP contribution is 2.23. The van der Waals surface area contributed by atoms with E-state index < -0.39 is 9.84 Å². The molecule has 5 aromatic rings. The van der Waals surface area contributed by atoms with Gasteiger partial charge in [0.15, 0.2) is 0 Å². The summed E-state index contributed by atoms with van der Waals surface area (Å²) >= 11 is 0. The minimum atomic E-state index is -3.62. The highest BCUT2D eigenvalue weighted by atomic mass is 32.2. The van der Waals surface area contributed by atoms with Gasteiger partial charge in [-0.2, -0.15) is 0 Å². The maximum Gasteiger partial charge on any atom is 0.255 e. The zero-order chi connectivity index (χ0) is 22.8. The second-order valence-electron chi connectivity index (χ2n) is 7.26. The van der Waals surface area contributed by atoms with Crippen LogP contribution in [0.15, 0.2) is 101 Å². The summed E-state index contributed by atoms with van der Waals surface area (Å²) < 4.78 is 25.4. The lowest BCUT2D eigenvalue weighted by Gasteiger charge is -2.09. The summed E-state index contributed by atoms with van der Waals surface area (Å²) in [6, 6.07) is 25.0. The van der Waals surface area contributed by atoms with Gasteiger partial charge in [-0.1, -0.05) is 35.5 Å². The van der Waals surface area contributed by atoms with E-state index in [0.717, 1.165) is 11.1 Å². The van der Waals surface area contributed by atoms with Crippen molar-refractivity contribution in [1.82, 2.24) is 20.4 Å². The lowest BCUT2D eigenvalue weighted by Crippen LogP contribution is -2.12. The number of aromatic nitrogens is 4. The molecule has 2 N–H and O–H groups in total. The standard InChI is InChI=1S/C24H17N5O3S/c30-24(17-6-4-5-16(15-17)21-13-14-22-23(26-21)28-29-27-22)25-18-9-11-20(12-10-18)33(31,32)19-7-2-1-3-8-19/h1-15H,(H,25,30)(H,26,27,28,29). The fourth-order valence-corrected chi connectivity index (χ4v) is 4.66. The molecule has 0 aliphatic heterocycles. The molecule has 0 bridgehead atoms. The summed E-state index contributed by atoms with van der Waals surface area (Å²) in [4.78, 5) is 17.6. The Morgan fingerprint density at radius 3 is 2.36 bits per heavy atom. The summed E-state index contributed by atoms with van der Waals surface area (Å²) in [6.07, 6.45) is 0. The largest absolute Gasteiger partial charge is 0.322 e. The topological polar surface area (TPSA) is 118 Å². The first-order chi connectivity index (χ1) is 16.0. The van der Waals surface area contributed by atoms with Crippen LogP contribution >= 0.6 is 0 Å². The molecular formula is C24H17N5O3S. The van der Waals surface area contributed by atoms with Gasteiger partial charge in [-0.25, -0.2) is 13.4 Å². The second kappa shape index (κ2) is 8.29. The van der Waals surface area contributed by atoms with E-state index in [9.17, 15) is 13.2 Å². The number of aromatic amines is 1. The molecule has 33 heavy (non-hydrogen) atoms. The first-order valence-electron chi connectivity index (χ1n) is 10.0. The van der Waals surface area contributed by atoms with Crippen LogP contribution in [0.5, 0.6) is 0 Å². The molecule has 2 heterocycles. The summed E-state index contributed by atoms with van der Waals surface area (Å²) in [5, 5.41) is 13.2. The number of carbonyl (C=O) groups excluding carboxylic acids is 1. The first kappa shape index (κ1) is 20.5.